The second-order valence-corrected chi connectivity index (χ2v) is 22.3. The summed E-state index contributed by atoms with van der Waals surface area (Å²) < 4.78 is 0. The Morgan fingerprint density at radius 2 is 1.22 bits per heavy atom. The number of rotatable bonds is 12. The fourth-order valence-corrected chi connectivity index (χ4v) is 11.8. The number of amidine groups is 1. The molecule has 9 rings (SSSR count). The number of aromatic nitrogens is 1. The highest BCUT2D eigenvalue weighted by Gasteiger charge is 2.30. The van der Waals surface area contributed by atoms with Gasteiger partial charge in [-0.1, -0.05) is 58.1 Å². The predicted octanol–water partition coefficient (Wildman–Crippen LogP) is 9.07. The van der Waals surface area contributed by atoms with Gasteiger partial charge in [0.15, 0.2) is 21.2 Å². The van der Waals surface area contributed by atoms with Gasteiger partial charge in [0.05, 0.1) is 40.8 Å². The highest BCUT2D eigenvalue weighted by atomic mass is 79.9. The number of nitrogens with one attached hydrogen (secondary N) is 2. The van der Waals surface area contributed by atoms with E-state index in [0.717, 1.165) is 121 Å². The van der Waals surface area contributed by atoms with E-state index < -0.39 is 0 Å². The Morgan fingerprint density at radius 1 is 0.753 bits per heavy atom. The Labute approximate surface area is 478 Å². The van der Waals surface area contributed by atoms with Crippen molar-refractivity contribution in [3.63, 3.8) is 0 Å². The molecule has 3 unspecified atom stereocenters. The first kappa shape index (κ1) is 60.7. The smallest absolute Gasteiger partial charge is 0.206 e. The average Bonchev–Trinajstić information content (AvgIpc) is 3.84. The first-order valence-electron chi connectivity index (χ1n) is 25.8. The van der Waals surface area contributed by atoms with Crippen LogP contribution in [0.3, 0.4) is 0 Å². The number of Topliss-reactive ketones (excluding diaryl/α,β-unsaturated/α-hetero) is 1. The van der Waals surface area contributed by atoms with E-state index in [4.69, 9.17) is 34.2 Å². The summed E-state index contributed by atoms with van der Waals surface area (Å²) in [6.45, 7) is 10.0. The van der Waals surface area contributed by atoms with E-state index in [2.05, 4.69) is 80.4 Å². The number of thioether (sulfide) groups is 1. The summed E-state index contributed by atoms with van der Waals surface area (Å²) in [5, 5.41) is 45.5. The SMILES string of the molecule is CCSC(N)=NC(=S)Nc1ccc(N2CCC(N3CCCC(O)C3)CC2)cc1.N#Cc1ccc(C(=O)CBr)cc1.N#Cc1ccc(C(=O)c2sc(Nc3ccc(N4CCC(N5CCCC(O)C5)CC4)cc3)nc2N)cc1.P. The van der Waals surface area contributed by atoms with Gasteiger partial charge in [-0.2, -0.15) is 25.4 Å². The second kappa shape index (κ2) is 30.6. The van der Waals surface area contributed by atoms with Crippen LogP contribution in [0.1, 0.15) is 95.0 Å². The number of β-amino-alcohol motifs (C(OH)–C–C–N with tert-alkyl or cyclic N) is 2. The third kappa shape index (κ3) is 18.0. The lowest BCUT2D eigenvalue weighted by Crippen LogP contribution is -2.49. The van der Waals surface area contributed by atoms with Crippen LogP contribution in [0.4, 0.5) is 33.7 Å². The van der Waals surface area contributed by atoms with Crippen LogP contribution in [-0.2, 0) is 0 Å². The number of thiazole rings is 1. The number of anilines is 6. The zero-order valence-corrected chi connectivity index (χ0v) is 49.0. The van der Waals surface area contributed by atoms with Crippen LogP contribution in [0.25, 0.3) is 0 Å². The van der Waals surface area contributed by atoms with E-state index in [9.17, 15) is 19.8 Å². The van der Waals surface area contributed by atoms with Gasteiger partial charge in [-0.3, -0.25) is 19.4 Å². The van der Waals surface area contributed by atoms with Crippen LogP contribution in [0.15, 0.2) is 102 Å². The molecule has 5 aromatic rings. The Balaban J connectivity index is 0.000000208. The zero-order valence-electron chi connectivity index (χ0n) is 43.5. The maximum absolute atomic E-state index is 12.9. The largest absolute Gasteiger partial charge is 0.392 e. The van der Waals surface area contributed by atoms with Crippen molar-refractivity contribution < 1.29 is 19.8 Å². The standard InChI is InChI=1S/C27H30N6O2S.C20H31N5OS2.C9H6BrNO.H3P/c28-16-18-3-5-19(6-4-18)24(35)25-26(29)31-27(36-25)30-20-7-9-21(10-8-20)32-14-11-22(12-15-32)33-13-1-2-23(34)17-33;1-2-28-19(21)23-20(27)22-15-5-7-16(8-6-15)24-12-9-17(10-13-24)25-11-3-4-18(26)14-25;10-5-9(12)8-3-1-7(6-11)2-4-8;/h3-10,22-23,34H,1-2,11-15,17,29H2,(H,30,31);5-8,17-18,26H,2-4,9-14H2,1H3,(H3,21,22,23,27);1-4H,5H2;1H3. The van der Waals surface area contributed by atoms with Gasteiger partial charge in [-0.05, 0) is 167 Å². The van der Waals surface area contributed by atoms with Crippen molar-refractivity contribution in [2.45, 2.75) is 82.6 Å². The monoisotopic (exact) mass is 1180 g/mol. The van der Waals surface area contributed by atoms with Crippen molar-refractivity contribution in [2.24, 2.45) is 10.7 Å². The maximum atomic E-state index is 12.9. The molecule has 1 aromatic heterocycles. The maximum Gasteiger partial charge on any atom is 0.206 e. The molecule has 4 saturated heterocycles. The van der Waals surface area contributed by atoms with Gasteiger partial charge in [0, 0.05) is 85.2 Å². The lowest BCUT2D eigenvalue weighted by atomic mass is 9.98. The van der Waals surface area contributed by atoms with Gasteiger partial charge < -0.3 is 42.1 Å². The van der Waals surface area contributed by atoms with E-state index in [1.807, 2.05) is 43.3 Å². The van der Waals surface area contributed by atoms with Crippen molar-refractivity contribution in [1.82, 2.24) is 14.8 Å². The minimum atomic E-state index is -0.208. The number of benzene rings is 4. The number of nitrogens with zero attached hydrogens (tertiary/aromatic N) is 8. The molecule has 0 radical (unpaired) electrons. The van der Waals surface area contributed by atoms with Gasteiger partial charge in [-0.25, -0.2) is 4.98 Å². The molecule has 4 aromatic carbocycles. The second-order valence-electron chi connectivity index (χ2n) is 19.0. The van der Waals surface area contributed by atoms with Gasteiger partial charge in [-0.15, -0.1) is 0 Å². The number of halogens is 1. The average molecular weight is 1180 g/mol. The molecule has 0 bridgehead atoms. The number of aliphatic imine (C=N–C) groups is 1. The molecular formula is C56H70BrN12O4PS3. The molecule has 8 N–H and O–H groups in total. The number of ketones is 2. The summed E-state index contributed by atoms with van der Waals surface area (Å²) >= 11 is 11.0. The third-order valence-electron chi connectivity index (χ3n) is 13.9. The molecule has 0 spiro atoms. The number of carbonyl (C=O) groups is 2. The number of piperidine rings is 4. The lowest BCUT2D eigenvalue weighted by molar-refractivity contribution is 0.0397. The number of nitrogens with two attached hydrogens (primary N) is 2. The Morgan fingerprint density at radius 3 is 1.66 bits per heavy atom. The van der Waals surface area contributed by atoms with E-state index in [-0.39, 0.29) is 39.5 Å². The number of likely N-dealkylation sites (tertiary alicyclic amines) is 2. The van der Waals surface area contributed by atoms with Crippen LogP contribution in [0, 0.1) is 22.7 Å². The Bertz CT molecular complexity index is 2810. The number of aliphatic hydroxyl groups excluding tert-OH is 2. The molecule has 4 fully saturated rings. The van der Waals surface area contributed by atoms with Gasteiger partial charge in [0.2, 0.25) is 5.78 Å². The van der Waals surface area contributed by atoms with Crippen LogP contribution < -0.4 is 31.9 Å². The summed E-state index contributed by atoms with van der Waals surface area (Å²) in [5.41, 5.74) is 18.2. The van der Waals surface area contributed by atoms with Gasteiger partial charge in [0.25, 0.3) is 0 Å². The summed E-state index contributed by atoms with van der Waals surface area (Å²) in [5.74, 6) is 0.888. The van der Waals surface area contributed by atoms with E-state index in [1.54, 1.807) is 48.5 Å². The molecule has 3 atom stereocenters. The van der Waals surface area contributed by atoms with Crippen molar-refractivity contribution in [2.75, 3.05) is 89.6 Å². The fourth-order valence-electron chi connectivity index (χ4n) is 9.86. The zero-order chi connectivity index (χ0) is 54.0. The third-order valence-corrected chi connectivity index (χ3v) is 16.2. The summed E-state index contributed by atoms with van der Waals surface area (Å²) in [7, 11) is 0. The Hall–Kier alpha value is -5.51. The van der Waals surface area contributed by atoms with Crippen molar-refractivity contribution in [3.05, 3.63) is 124 Å². The number of nitrogen functional groups attached to an aromatic ring is 1. The fraction of sp³-hybridized carbons (Fsp3) is 0.411. The molecule has 0 amide bonds. The first-order valence-corrected chi connectivity index (χ1v) is 29.2. The molecule has 77 heavy (non-hydrogen) atoms. The first-order chi connectivity index (χ1) is 36.8. The number of hydrogen-bond donors (Lipinski definition) is 6. The molecule has 4 aliphatic heterocycles. The van der Waals surface area contributed by atoms with Crippen LogP contribution >= 0.6 is 61.1 Å². The molecule has 0 aliphatic carbocycles. The number of thiocarbonyl (C=S) groups is 1. The molecule has 408 valence electrons. The topological polar surface area (TPSA) is 236 Å². The Kier molecular flexibility index (Phi) is 24.1. The summed E-state index contributed by atoms with van der Waals surface area (Å²) in [4.78, 5) is 42.6. The van der Waals surface area contributed by atoms with Gasteiger partial charge >= 0.3 is 0 Å². The molecule has 0 saturated carbocycles. The normalized spacial score (nSPS) is 18.4. The number of alkyl halides is 1. The molecule has 5 heterocycles. The van der Waals surface area contributed by atoms with E-state index in [1.165, 1.54) is 34.5 Å². The number of carbonyl (C=O) groups excluding carboxylic acids is 2. The van der Waals surface area contributed by atoms with Crippen LogP contribution in [0.2, 0.25) is 0 Å². The van der Waals surface area contributed by atoms with E-state index in [0.29, 0.717) is 60.0 Å². The molecule has 21 heteroatoms. The lowest BCUT2D eigenvalue weighted by Gasteiger charge is -2.42. The minimum absolute atomic E-state index is 0. The molecular weight excluding hydrogens is 1110 g/mol. The molecule has 4 aliphatic rings. The highest BCUT2D eigenvalue weighted by molar-refractivity contribution is 9.09. The minimum Gasteiger partial charge on any atom is -0.392 e. The number of hydrogen-bond acceptors (Lipinski definition) is 16. The van der Waals surface area contributed by atoms with Crippen LogP contribution in [0.5, 0.6) is 0 Å². The van der Waals surface area contributed by atoms with Crippen LogP contribution in [-0.4, -0.2) is 135 Å². The van der Waals surface area contributed by atoms with Crippen molar-refractivity contribution in [3.8, 4) is 12.1 Å². The van der Waals surface area contributed by atoms with E-state index >= 15 is 0 Å². The summed E-state index contributed by atoms with van der Waals surface area (Å²) in [6, 6.07) is 34.8. The molecule has 16 nitrogen and oxygen atoms in total. The predicted molar refractivity (Wildman–Crippen MR) is 328 cm³/mol. The van der Waals surface area contributed by atoms with Crippen molar-refractivity contribution >= 4 is 117 Å². The number of nitriles is 2. The van der Waals surface area contributed by atoms with Crippen molar-refractivity contribution in [1.29, 1.82) is 10.5 Å². The highest BCUT2D eigenvalue weighted by Crippen LogP contribution is 2.32. The number of aliphatic hydroxyl groups is 2. The summed E-state index contributed by atoms with van der Waals surface area (Å²) in [6.07, 6.45) is 8.30. The quantitative estimate of drug-likeness (QED) is 0.0171. The van der Waals surface area contributed by atoms with Gasteiger partial charge in [0.1, 0.15) is 10.7 Å².